The van der Waals surface area contributed by atoms with Crippen LogP contribution in [0, 0.1) is 11.8 Å². The fourth-order valence-electron chi connectivity index (χ4n) is 2.64. The summed E-state index contributed by atoms with van der Waals surface area (Å²) in [5.74, 6) is -1.09. The maximum atomic E-state index is 12.0. The summed E-state index contributed by atoms with van der Waals surface area (Å²) in [7, 11) is 0. The van der Waals surface area contributed by atoms with Crippen molar-refractivity contribution in [1.82, 2.24) is 5.32 Å². The Kier molecular flexibility index (Phi) is 4.60. The fraction of sp³-hybridized carbons (Fsp3) is 0.571. The maximum Gasteiger partial charge on any atom is 0.307 e. The van der Waals surface area contributed by atoms with E-state index in [0.717, 1.165) is 18.6 Å². The second-order valence-corrected chi connectivity index (χ2v) is 4.96. The summed E-state index contributed by atoms with van der Waals surface area (Å²) in [5.41, 5.74) is 0. The van der Waals surface area contributed by atoms with Crippen molar-refractivity contribution in [2.45, 2.75) is 32.1 Å². The molecule has 104 valence electrons. The van der Waals surface area contributed by atoms with Gasteiger partial charge in [-0.25, -0.2) is 0 Å². The molecule has 5 heteroatoms. The molecule has 0 spiro atoms. The summed E-state index contributed by atoms with van der Waals surface area (Å²) < 4.78 is 5.17. The van der Waals surface area contributed by atoms with Crippen LogP contribution in [0.3, 0.4) is 0 Å². The van der Waals surface area contributed by atoms with Gasteiger partial charge < -0.3 is 14.8 Å². The third-order valence-electron chi connectivity index (χ3n) is 3.67. The Morgan fingerprint density at radius 1 is 1.32 bits per heavy atom. The van der Waals surface area contributed by atoms with Crippen molar-refractivity contribution in [2.24, 2.45) is 11.8 Å². The van der Waals surface area contributed by atoms with E-state index in [2.05, 4.69) is 5.32 Å². The van der Waals surface area contributed by atoms with Crippen LogP contribution in [0.4, 0.5) is 0 Å². The first-order valence-corrected chi connectivity index (χ1v) is 6.71. The summed E-state index contributed by atoms with van der Waals surface area (Å²) in [4.78, 5) is 23.2. The van der Waals surface area contributed by atoms with Crippen LogP contribution in [-0.4, -0.2) is 23.5 Å². The van der Waals surface area contributed by atoms with Gasteiger partial charge in [-0.15, -0.1) is 0 Å². The molecule has 1 aromatic heterocycles. The summed E-state index contributed by atoms with van der Waals surface area (Å²) in [6.07, 6.45) is 5.32. The number of nitrogens with one attached hydrogen (secondary N) is 1. The van der Waals surface area contributed by atoms with Crippen molar-refractivity contribution >= 4 is 11.9 Å². The lowest BCUT2D eigenvalue weighted by molar-refractivity contribution is -0.148. The molecule has 2 N–H and O–H groups in total. The van der Waals surface area contributed by atoms with Gasteiger partial charge in [0.05, 0.1) is 18.1 Å². The quantitative estimate of drug-likeness (QED) is 0.851. The van der Waals surface area contributed by atoms with Crippen LogP contribution >= 0.6 is 0 Å². The van der Waals surface area contributed by atoms with E-state index in [4.69, 9.17) is 9.52 Å². The van der Waals surface area contributed by atoms with Crippen molar-refractivity contribution in [3.05, 3.63) is 24.2 Å². The molecule has 2 unspecified atom stereocenters. The van der Waals surface area contributed by atoms with Crippen molar-refractivity contribution in [1.29, 1.82) is 0 Å². The van der Waals surface area contributed by atoms with Crippen LogP contribution in [0.25, 0.3) is 0 Å². The minimum Gasteiger partial charge on any atom is -0.481 e. The number of furan rings is 1. The lowest BCUT2D eigenvalue weighted by Crippen LogP contribution is -2.40. The molecule has 0 aliphatic heterocycles. The number of hydrogen-bond acceptors (Lipinski definition) is 3. The van der Waals surface area contributed by atoms with E-state index < -0.39 is 11.9 Å². The minimum absolute atomic E-state index is 0.140. The van der Waals surface area contributed by atoms with Gasteiger partial charge in [0.2, 0.25) is 5.91 Å². The second kappa shape index (κ2) is 6.41. The first kappa shape index (κ1) is 13.6. The van der Waals surface area contributed by atoms with Gasteiger partial charge in [0.25, 0.3) is 0 Å². The lowest BCUT2D eigenvalue weighted by Gasteiger charge is -2.27. The van der Waals surface area contributed by atoms with Crippen LogP contribution in [-0.2, 0) is 16.0 Å². The number of hydrogen-bond donors (Lipinski definition) is 2. The summed E-state index contributed by atoms with van der Waals surface area (Å²) in [6.45, 7) is 0.481. The van der Waals surface area contributed by atoms with Crippen LogP contribution in [0.15, 0.2) is 22.8 Å². The Morgan fingerprint density at radius 3 is 2.68 bits per heavy atom. The lowest BCUT2D eigenvalue weighted by atomic mass is 9.78. The zero-order chi connectivity index (χ0) is 13.7. The molecule has 1 aliphatic rings. The second-order valence-electron chi connectivity index (χ2n) is 4.96. The van der Waals surface area contributed by atoms with Crippen LogP contribution in [0.5, 0.6) is 0 Å². The average Bonchev–Trinajstić information content (AvgIpc) is 2.91. The zero-order valence-corrected chi connectivity index (χ0v) is 10.8. The topological polar surface area (TPSA) is 79.5 Å². The Balaban J connectivity index is 1.82. The first-order chi connectivity index (χ1) is 9.18. The smallest absolute Gasteiger partial charge is 0.307 e. The monoisotopic (exact) mass is 265 g/mol. The van der Waals surface area contributed by atoms with Crippen LogP contribution < -0.4 is 5.32 Å². The van der Waals surface area contributed by atoms with E-state index in [9.17, 15) is 9.59 Å². The number of carboxylic acid groups (broad SMARTS) is 1. The Hall–Kier alpha value is -1.78. The normalized spacial score (nSPS) is 22.9. The van der Waals surface area contributed by atoms with Gasteiger partial charge in [-0.05, 0) is 25.0 Å². The van der Waals surface area contributed by atoms with Gasteiger partial charge in [-0.2, -0.15) is 0 Å². The Bertz CT molecular complexity index is 427. The summed E-state index contributed by atoms with van der Waals surface area (Å²) in [5, 5.41) is 12.0. The Morgan fingerprint density at radius 2 is 2.05 bits per heavy atom. The molecule has 0 radical (unpaired) electrons. The van der Waals surface area contributed by atoms with E-state index in [1.165, 1.54) is 0 Å². The molecule has 1 saturated carbocycles. The van der Waals surface area contributed by atoms with Crippen molar-refractivity contribution in [2.75, 3.05) is 6.54 Å². The van der Waals surface area contributed by atoms with Gasteiger partial charge in [-0.1, -0.05) is 12.8 Å². The molecule has 0 saturated heterocycles. The van der Waals surface area contributed by atoms with Gasteiger partial charge in [0, 0.05) is 13.0 Å². The molecule has 0 bridgehead atoms. The minimum atomic E-state index is -0.856. The highest BCUT2D eigenvalue weighted by Gasteiger charge is 2.35. The highest BCUT2D eigenvalue weighted by atomic mass is 16.4. The van der Waals surface area contributed by atoms with E-state index in [1.54, 1.807) is 12.3 Å². The third kappa shape index (κ3) is 3.59. The van der Waals surface area contributed by atoms with Crippen molar-refractivity contribution < 1.29 is 19.1 Å². The molecule has 1 fully saturated rings. The standard InChI is InChI=1S/C14H19NO4/c16-13(15-8-7-10-4-3-9-19-10)11-5-1-2-6-12(11)14(17)18/h3-4,9,11-12H,1-2,5-8H2,(H,15,16)(H,17,18). The van der Waals surface area contributed by atoms with Crippen LogP contribution in [0.2, 0.25) is 0 Å². The molecule has 1 aromatic rings. The van der Waals surface area contributed by atoms with E-state index >= 15 is 0 Å². The molecule has 5 nitrogen and oxygen atoms in total. The number of carboxylic acids is 1. The summed E-state index contributed by atoms with van der Waals surface area (Å²) in [6, 6.07) is 3.66. The number of aliphatic carboxylic acids is 1. The molecule has 0 aromatic carbocycles. The molecule has 1 amide bonds. The molecule has 2 rings (SSSR count). The molecule has 1 heterocycles. The zero-order valence-electron chi connectivity index (χ0n) is 10.8. The molecular weight excluding hydrogens is 246 g/mol. The van der Waals surface area contributed by atoms with Gasteiger partial charge in [0.15, 0.2) is 0 Å². The Labute approximate surface area is 112 Å². The number of rotatable bonds is 5. The predicted octanol–water partition coefficient (Wildman–Crippen LogP) is 1.83. The highest BCUT2D eigenvalue weighted by molar-refractivity contribution is 5.84. The number of carbonyl (C=O) groups is 2. The molecule has 19 heavy (non-hydrogen) atoms. The van der Waals surface area contributed by atoms with Gasteiger partial charge in [0.1, 0.15) is 5.76 Å². The first-order valence-electron chi connectivity index (χ1n) is 6.71. The maximum absolute atomic E-state index is 12.0. The van der Waals surface area contributed by atoms with Gasteiger partial charge >= 0.3 is 5.97 Å². The largest absolute Gasteiger partial charge is 0.481 e. The van der Waals surface area contributed by atoms with E-state index in [-0.39, 0.29) is 11.8 Å². The predicted molar refractivity (Wildman–Crippen MR) is 68.5 cm³/mol. The van der Waals surface area contributed by atoms with Crippen LogP contribution in [0.1, 0.15) is 31.4 Å². The summed E-state index contributed by atoms with van der Waals surface area (Å²) >= 11 is 0. The highest BCUT2D eigenvalue weighted by Crippen LogP contribution is 2.30. The fourth-order valence-corrected chi connectivity index (χ4v) is 2.64. The van der Waals surface area contributed by atoms with Crippen molar-refractivity contribution in [3.8, 4) is 0 Å². The molecule has 2 atom stereocenters. The van der Waals surface area contributed by atoms with E-state index in [1.807, 2.05) is 6.07 Å². The molecular formula is C14H19NO4. The number of carbonyl (C=O) groups excluding carboxylic acids is 1. The van der Waals surface area contributed by atoms with Gasteiger partial charge in [-0.3, -0.25) is 9.59 Å². The number of amides is 1. The van der Waals surface area contributed by atoms with E-state index in [0.29, 0.717) is 25.8 Å². The SMILES string of the molecule is O=C(O)C1CCCCC1C(=O)NCCc1ccco1. The van der Waals surface area contributed by atoms with Crippen molar-refractivity contribution in [3.63, 3.8) is 0 Å². The third-order valence-corrected chi connectivity index (χ3v) is 3.67. The average molecular weight is 265 g/mol. The molecule has 1 aliphatic carbocycles.